The summed E-state index contributed by atoms with van der Waals surface area (Å²) in [6.45, 7) is 14.8. The van der Waals surface area contributed by atoms with Crippen LogP contribution in [-0.2, 0) is 6.54 Å². The number of nitrogens with one attached hydrogen (secondary N) is 1. The summed E-state index contributed by atoms with van der Waals surface area (Å²) in [6, 6.07) is 9.81. The van der Waals surface area contributed by atoms with E-state index in [1.54, 1.807) is 0 Å². The quantitative estimate of drug-likeness (QED) is 0.875. The first-order valence-corrected chi connectivity index (χ1v) is 8.57. The molecule has 1 saturated heterocycles. The van der Waals surface area contributed by atoms with Gasteiger partial charge < -0.3 is 5.32 Å². The summed E-state index contributed by atoms with van der Waals surface area (Å²) in [7, 11) is 0. The fourth-order valence-electron chi connectivity index (χ4n) is 3.27. The van der Waals surface area contributed by atoms with Gasteiger partial charge in [0.05, 0.1) is 0 Å². The molecule has 0 radical (unpaired) electrons. The summed E-state index contributed by atoms with van der Waals surface area (Å²) >= 11 is 0. The van der Waals surface area contributed by atoms with Crippen molar-refractivity contribution in [3.05, 3.63) is 35.4 Å². The van der Waals surface area contributed by atoms with Gasteiger partial charge in [0.25, 0.3) is 0 Å². The van der Waals surface area contributed by atoms with Crippen molar-refractivity contribution in [2.75, 3.05) is 13.1 Å². The van der Waals surface area contributed by atoms with E-state index in [0.717, 1.165) is 19.6 Å². The Morgan fingerprint density at radius 2 is 1.81 bits per heavy atom. The Balaban J connectivity index is 2.06. The molecule has 1 aromatic rings. The van der Waals surface area contributed by atoms with Gasteiger partial charge in [0, 0.05) is 31.2 Å². The molecule has 0 saturated carbocycles. The van der Waals surface area contributed by atoms with Crippen LogP contribution >= 0.6 is 0 Å². The molecule has 2 rings (SSSR count). The molecule has 21 heavy (non-hydrogen) atoms. The number of benzene rings is 1. The zero-order valence-electron chi connectivity index (χ0n) is 14.4. The van der Waals surface area contributed by atoms with Gasteiger partial charge in [-0.05, 0) is 36.8 Å². The summed E-state index contributed by atoms with van der Waals surface area (Å²) in [5.41, 5.74) is 3.18. The van der Waals surface area contributed by atoms with Crippen LogP contribution in [0.25, 0.3) is 0 Å². The summed E-state index contributed by atoms with van der Waals surface area (Å²) in [6.07, 6.45) is 2.41. The fourth-order valence-corrected chi connectivity index (χ4v) is 3.27. The summed E-state index contributed by atoms with van der Waals surface area (Å²) in [4.78, 5) is 2.65. The Kier molecular flexibility index (Phi) is 5.45. The van der Waals surface area contributed by atoms with Gasteiger partial charge in [-0.25, -0.2) is 0 Å². The van der Waals surface area contributed by atoms with E-state index >= 15 is 0 Å². The molecule has 1 atom stereocenters. The predicted molar refractivity (Wildman–Crippen MR) is 91.7 cm³/mol. The Labute approximate surface area is 130 Å². The van der Waals surface area contributed by atoms with Gasteiger partial charge in [-0.1, -0.05) is 52.0 Å². The summed E-state index contributed by atoms with van der Waals surface area (Å²) in [5, 5.41) is 3.78. The van der Waals surface area contributed by atoms with Crippen LogP contribution in [0.5, 0.6) is 0 Å². The van der Waals surface area contributed by atoms with E-state index in [4.69, 9.17) is 0 Å². The van der Waals surface area contributed by atoms with E-state index in [0.29, 0.717) is 17.5 Å². The van der Waals surface area contributed by atoms with Crippen LogP contribution in [0.1, 0.15) is 64.5 Å². The smallest absolute Gasteiger partial charge is 0.0304 e. The molecular formula is C19H32N2. The molecule has 1 aromatic carbocycles. The van der Waals surface area contributed by atoms with E-state index in [1.807, 2.05) is 0 Å². The maximum absolute atomic E-state index is 3.78. The molecule has 2 heteroatoms. The second-order valence-electron chi connectivity index (χ2n) is 7.02. The predicted octanol–water partition coefficient (Wildman–Crippen LogP) is 4.16. The van der Waals surface area contributed by atoms with E-state index in [9.17, 15) is 0 Å². The first kappa shape index (κ1) is 16.5. The number of hydrogen-bond acceptors (Lipinski definition) is 2. The molecule has 1 N–H and O–H groups in total. The highest BCUT2D eigenvalue weighted by molar-refractivity contribution is 5.24. The average Bonchev–Trinajstić information content (AvgIpc) is 2.50. The Hall–Kier alpha value is -0.860. The molecule has 1 aliphatic rings. The van der Waals surface area contributed by atoms with Crippen LogP contribution in [0.15, 0.2) is 24.3 Å². The summed E-state index contributed by atoms with van der Waals surface area (Å²) in [5.74, 6) is 0.616. The molecule has 1 unspecified atom stereocenters. The SMILES string of the molecule is CCC1(CC)CN(Cc2ccc(C(C)C)cc2)C(C)CN1. The van der Waals surface area contributed by atoms with Crippen molar-refractivity contribution in [1.29, 1.82) is 0 Å². The number of nitrogens with zero attached hydrogens (tertiary/aromatic N) is 1. The van der Waals surface area contributed by atoms with Crippen LogP contribution in [0, 0.1) is 0 Å². The van der Waals surface area contributed by atoms with Gasteiger partial charge >= 0.3 is 0 Å². The molecule has 118 valence electrons. The van der Waals surface area contributed by atoms with Gasteiger partial charge in [-0.3, -0.25) is 4.90 Å². The lowest BCUT2D eigenvalue weighted by atomic mass is 9.88. The molecule has 1 aliphatic heterocycles. The Bertz CT molecular complexity index is 431. The lowest BCUT2D eigenvalue weighted by molar-refractivity contribution is 0.0746. The molecule has 0 amide bonds. The van der Waals surface area contributed by atoms with Crippen LogP contribution in [0.4, 0.5) is 0 Å². The summed E-state index contributed by atoms with van der Waals surface area (Å²) < 4.78 is 0. The molecule has 0 bridgehead atoms. The molecule has 0 aromatic heterocycles. The molecule has 0 spiro atoms. The highest BCUT2D eigenvalue weighted by atomic mass is 15.2. The third-order valence-corrected chi connectivity index (χ3v) is 5.29. The first-order chi connectivity index (χ1) is 9.99. The van der Waals surface area contributed by atoms with Gasteiger partial charge in [0.1, 0.15) is 0 Å². The first-order valence-electron chi connectivity index (χ1n) is 8.57. The minimum Gasteiger partial charge on any atom is -0.308 e. The number of hydrogen-bond donors (Lipinski definition) is 1. The van der Waals surface area contributed by atoms with Crippen molar-refractivity contribution in [2.24, 2.45) is 0 Å². The van der Waals surface area contributed by atoms with E-state index in [1.165, 1.54) is 24.0 Å². The van der Waals surface area contributed by atoms with Crippen molar-refractivity contribution >= 4 is 0 Å². The Morgan fingerprint density at radius 1 is 1.19 bits per heavy atom. The van der Waals surface area contributed by atoms with Gasteiger partial charge in [-0.2, -0.15) is 0 Å². The third-order valence-electron chi connectivity index (χ3n) is 5.29. The van der Waals surface area contributed by atoms with Crippen molar-refractivity contribution in [3.63, 3.8) is 0 Å². The highest BCUT2D eigenvalue weighted by Crippen LogP contribution is 2.24. The number of rotatable bonds is 5. The van der Waals surface area contributed by atoms with Crippen LogP contribution in [0.3, 0.4) is 0 Å². The van der Waals surface area contributed by atoms with E-state index in [2.05, 4.69) is 69.1 Å². The average molecular weight is 288 g/mol. The second kappa shape index (κ2) is 6.93. The Morgan fingerprint density at radius 3 is 2.33 bits per heavy atom. The molecule has 0 aliphatic carbocycles. The normalized spacial score (nSPS) is 22.7. The molecule has 1 heterocycles. The van der Waals surface area contributed by atoms with Crippen molar-refractivity contribution in [3.8, 4) is 0 Å². The van der Waals surface area contributed by atoms with Crippen molar-refractivity contribution < 1.29 is 0 Å². The van der Waals surface area contributed by atoms with Crippen molar-refractivity contribution in [1.82, 2.24) is 10.2 Å². The largest absolute Gasteiger partial charge is 0.308 e. The lowest BCUT2D eigenvalue weighted by Crippen LogP contribution is -2.62. The minimum atomic E-state index is 0.310. The van der Waals surface area contributed by atoms with Gasteiger partial charge in [-0.15, -0.1) is 0 Å². The zero-order chi connectivity index (χ0) is 15.5. The molecule has 1 fully saturated rings. The van der Waals surface area contributed by atoms with Crippen LogP contribution < -0.4 is 5.32 Å². The maximum Gasteiger partial charge on any atom is 0.0304 e. The van der Waals surface area contributed by atoms with Crippen molar-refractivity contribution in [2.45, 2.75) is 71.5 Å². The van der Waals surface area contributed by atoms with Crippen LogP contribution in [0.2, 0.25) is 0 Å². The van der Waals surface area contributed by atoms with E-state index in [-0.39, 0.29) is 0 Å². The van der Waals surface area contributed by atoms with Gasteiger partial charge in [0.2, 0.25) is 0 Å². The highest BCUT2D eigenvalue weighted by Gasteiger charge is 2.34. The third kappa shape index (κ3) is 3.87. The van der Waals surface area contributed by atoms with Gasteiger partial charge in [0.15, 0.2) is 0 Å². The molecule has 2 nitrogen and oxygen atoms in total. The second-order valence-corrected chi connectivity index (χ2v) is 7.02. The van der Waals surface area contributed by atoms with Crippen LogP contribution in [-0.4, -0.2) is 29.6 Å². The van der Waals surface area contributed by atoms with E-state index < -0.39 is 0 Å². The minimum absolute atomic E-state index is 0.310. The standard InChI is InChI=1S/C19H32N2/c1-6-19(7-2)14-21(16(5)12-20-19)13-17-8-10-18(11-9-17)15(3)4/h8-11,15-16,20H,6-7,12-14H2,1-5H3. The fraction of sp³-hybridized carbons (Fsp3) is 0.684. The monoisotopic (exact) mass is 288 g/mol. The number of piperazine rings is 1. The topological polar surface area (TPSA) is 15.3 Å². The molecular weight excluding hydrogens is 256 g/mol. The lowest BCUT2D eigenvalue weighted by Gasteiger charge is -2.46. The zero-order valence-corrected chi connectivity index (χ0v) is 14.4. The maximum atomic E-state index is 3.78.